The van der Waals surface area contributed by atoms with Crippen LogP contribution in [0.1, 0.15) is 32.1 Å². The van der Waals surface area contributed by atoms with E-state index >= 15 is 0 Å². The van der Waals surface area contributed by atoms with Crippen molar-refractivity contribution in [1.82, 2.24) is 9.97 Å². The Morgan fingerprint density at radius 2 is 1.91 bits per heavy atom. The second-order valence-electron chi connectivity index (χ2n) is 4.67. The maximum atomic E-state index is 10.7. The van der Waals surface area contributed by atoms with Crippen molar-refractivity contribution in [3.8, 4) is 0 Å². The van der Waals surface area contributed by atoms with Crippen LogP contribution < -0.4 is 16.4 Å². The number of aromatic nitrogens is 2. The lowest BCUT2D eigenvalue weighted by Gasteiger charge is -2.24. The van der Waals surface area contributed by atoms with Crippen LogP contribution in [0.5, 0.6) is 0 Å². The smallest absolute Gasteiger partial charge is 0.290 e. The maximum Gasteiger partial charge on any atom is 0.290 e. The molecule has 0 radical (unpaired) electrons. The van der Waals surface area contributed by atoms with Gasteiger partial charge in [-0.1, -0.05) is 31.0 Å². The van der Waals surface area contributed by atoms with Gasteiger partial charge in [-0.15, -0.1) is 0 Å². The van der Waals surface area contributed by atoms with Gasteiger partial charge in [0.15, 0.2) is 16.8 Å². The quantitative estimate of drug-likeness (QED) is 0.366. The zero-order valence-corrected chi connectivity index (χ0v) is 13.2. The van der Waals surface area contributed by atoms with E-state index in [-0.39, 0.29) is 6.47 Å². The summed E-state index contributed by atoms with van der Waals surface area (Å²) in [6.07, 6.45) is 8.48. The highest BCUT2D eigenvalue weighted by Gasteiger charge is 2.18. The summed E-state index contributed by atoms with van der Waals surface area (Å²) in [5.41, 5.74) is 6.33. The molecule has 0 saturated heterocycles. The van der Waals surface area contributed by atoms with Gasteiger partial charge in [-0.3, -0.25) is 9.59 Å². The van der Waals surface area contributed by atoms with E-state index < -0.39 is 0 Å². The summed E-state index contributed by atoms with van der Waals surface area (Å²) < 4.78 is 0. The van der Waals surface area contributed by atoms with Gasteiger partial charge in [0.25, 0.3) is 6.47 Å². The van der Waals surface area contributed by atoms with Crippen LogP contribution in [0, 0.1) is 0 Å². The number of carbonyl (C=O) groups excluding carboxylic acids is 1. The van der Waals surface area contributed by atoms with E-state index in [9.17, 15) is 4.79 Å². The van der Waals surface area contributed by atoms with Crippen LogP contribution in [-0.2, 0) is 9.59 Å². The van der Waals surface area contributed by atoms with Crippen molar-refractivity contribution in [2.24, 2.45) is 0 Å². The van der Waals surface area contributed by atoms with Crippen molar-refractivity contribution in [3.05, 3.63) is 0 Å². The molecule has 0 aromatic carbocycles. The third-order valence-electron chi connectivity index (χ3n) is 3.25. The first-order valence-corrected chi connectivity index (χ1v) is 8.14. The summed E-state index contributed by atoms with van der Waals surface area (Å²) in [6.45, 7) is -0.250. The molecule has 5 N–H and O–H groups in total. The fraction of sp³-hybridized carbons (Fsp3) is 0.538. The number of rotatable bonds is 5. The number of thioether (sulfide) groups is 1. The van der Waals surface area contributed by atoms with E-state index in [4.69, 9.17) is 15.6 Å². The number of nitrogens with two attached hydrogens (primary N) is 1. The lowest BCUT2D eigenvalue weighted by molar-refractivity contribution is -0.122. The predicted molar refractivity (Wildman–Crippen MR) is 87.1 cm³/mol. The standard InChI is InChI=1S/C12H19N5OS.CH2O2/c1-19-12-16-10(13)9(14-7-18)11(17-12)15-8-5-3-2-4-6-8;2-1-3/h7-8H,2-6H2,1H3,(H,14,18)(H3,13,15,16,17);1H,(H,2,3). The molecule has 1 aliphatic carbocycles. The minimum absolute atomic E-state index is 0.250. The molecule has 1 amide bonds. The molecule has 8 nitrogen and oxygen atoms in total. The minimum Gasteiger partial charge on any atom is -0.483 e. The van der Waals surface area contributed by atoms with E-state index in [2.05, 4.69) is 20.6 Å². The SMILES string of the molecule is CSc1nc(N)c(NC=O)c(NC2CCCCC2)n1.O=CO. The number of amides is 1. The van der Waals surface area contributed by atoms with Crippen molar-refractivity contribution < 1.29 is 14.7 Å². The molecule has 0 aliphatic heterocycles. The van der Waals surface area contributed by atoms with Gasteiger partial charge in [-0.05, 0) is 19.1 Å². The Morgan fingerprint density at radius 1 is 1.27 bits per heavy atom. The molecule has 0 atom stereocenters. The number of anilines is 3. The Morgan fingerprint density at radius 3 is 2.45 bits per heavy atom. The van der Waals surface area contributed by atoms with Gasteiger partial charge in [0.1, 0.15) is 5.69 Å². The first kappa shape index (κ1) is 18.0. The number of carboxylic acid groups (broad SMARTS) is 1. The lowest BCUT2D eigenvalue weighted by atomic mass is 9.95. The molecule has 1 aromatic heterocycles. The van der Waals surface area contributed by atoms with E-state index in [1.165, 1.54) is 31.0 Å². The molecule has 1 heterocycles. The van der Waals surface area contributed by atoms with Crippen LogP contribution >= 0.6 is 11.8 Å². The third kappa shape index (κ3) is 5.40. The number of nitrogen functional groups attached to an aromatic ring is 1. The van der Waals surface area contributed by atoms with Crippen molar-refractivity contribution in [2.75, 3.05) is 22.6 Å². The molecule has 1 aromatic rings. The first-order chi connectivity index (χ1) is 10.7. The monoisotopic (exact) mass is 327 g/mol. The normalized spacial score (nSPS) is 14.4. The van der Waals surface area contributed by atoms with Crippen LogP contribution in [0.2, 0.25) is 0 Å². The molecule has 1 saturated carbocycles. The third-order valence-corrected chi connectivity index (χ3v) is 3.80. The number of nitrogens with zero attached hydrogens (tertiary/aromatic N) is 2. The Balaban J connectivity index is 0.000000745. The second kappa shape index (κ2) is 9.82. The highest BCUT2D eigenvalue weighted by Crippen LogP contribution is 2.30. The van der Waals surface area contributed by atoms with Crippen LogP contribution in [0.4, 0.5) is 17.3 Å². The molecule has 2 rings (SSSR count). The molecule has 0 unspecified atom stereocenters. The number of hydrogen-bond acceptors (Lipinski definition) is 7. The van der Waals surface area contributed by atoms with Crippen molar-refractivity contribution in [3.63, 3.8) is 0 Å². The summed E-state index contributed by atoms with van der Waals surface area (Å²) in [6, 6.07) is 0.393. The van der Waals surface area contributed by atoms with E-state index in [0.29, 0.717) is 34.9 Å². The van der Waals surface area contributed by atoms with Gasteiger partial charge in [-0.25, -0.2) is 9.97 Å². The number of nitrogens with one attached hydrogen (secondary N) is 2. The van der Waals surface area contributed by atoms with Crippen molar-refractivity contribution in [2.45, 2.75) is 43.3 Å². The predicted octanol–water partition coefficient (Wildman–Crippen LogP) is 1.79. The first-order valence-electron chi connectivity index (χ1n) is 6.92. The van der Waals surface area contributed by atoms with E-state index in [0.717, 1.165) is 12.8 Å². The van der Waals surface area contributed by atoms with Gasteiger partial charge in [0.2, 0.25) is 6.41 Å². The molecule has 0 spiro atoms. The van der Waals surface area contributed by atoms with Crippen LogP contribution in [0.3, 0.4) is 0 Å². The fourth-order valence-corrected chi connectivity index (χ4v) is 2.67. The van der Waals surface area contributed by atoms with E-state index in [1.807, 2.05) is 6.26 Å². The molecule has 1 fully saturated rings. The topological polar surface area (TPSA) is 130 Å². The van der Waals surface area contributed by atoms with Gasteiger partial charge < -0.3 is 21.5 Å². The zero-order valence-electron chi connectivity index (χ0n) is 12.4. The largest absolute Gasteiger partial charge is 0.483 e. The molecule has 9 heteroatoms. The van der Waals surface area contributed by atoms with Crippen molar-refractivity contribution >= 4 is 42.0 Å². The minimum atomic E-state index is -0.250. The van der Waals surface area contributed by atoms with Crippen molar-refractivity contribution in [1.29, 1.82) is 0 Å². The average Bonchev–Trinajstić information content (AvgIpc) is 2.52. The van der Waals surface area contributed by atoms with Crippen LogP contribution in [0.25, 0.3) is 0 Å². The van der Waals surface area contributed by atoms with Gasteiger partial charge >= 0.3 is 0 Å². The summed E-state index contributed by atoms with van der Waals surface area (Å²) in [7, 11) is 0. The van der Waals surface area contributed by atoms with E-state index in [1.54, 1.807) is 0 Å². The molecule has 1 aliphatic rings. The van der Waals surface area contributed by atoms with Gasteiger partial charge in [-0.2, -0.15) is 0 Å². The lowest BCUT2D eigenvalue weighted by Crippen LogP contribution is -2.24. The Kier molecular flexibility index (Phi) is 8.05. The molecule has 0 bridgehead atoms. The molecular weight excluding hydrogens is 306 g/mol. The number of carbonyl (C=O) groups is 2. The van der Waals surface area contributed by atoms with Gasteiger partial charge in [0, 0.05) is 6.04 Å². The molecule has 122 valence electrons. The highest BCUT2D eigenvalue weighted by molar-refractivity contribution is 7.98. The average molecular weight is 327 g/mol. The number of hydrogen-bond donors (Lipinski definition) is 4. The zero-order chi connectivity index (χ0) is 16.4. The summed E-state index contributed by atoms with van der Waals surface area (Å²) in [5, 5.41) is 13.5. The second-order valence-corrected chi connectivity index (χ2v) is 5.44. The summed E-state index contributed by atoms with van der Waals surface area (Å²) in [4.78, 5) is 27.6. The fourth-order valence-electron chi connectivity index (χ4n) is 2.29. The van der Waals surface area contributed by atoms with Crippen LogP contribution in [0.15, 0.2) is 5.16 Å². The maximum absolute atomic E-state index is 10.7. The highest BCUT2D eigenvalue weighted by atomic mass is 32.2. The molecule has 22 heavy (non-hydrogen) atoms. The Hall–Kier alpha value is -2.03. The Bertz CT molecular complexity index is 495. The summed E-state index contributed by atoms with van der Waals surface area (Å²) >= 11 is 1.43. The van der Waals surface area contributed by atoms with Gasteiger partial charge in [0.05, 0.1) is 0 Å². The Labute approximate surface area is 133 Å². The molecular formula is C13H21N5O3S. The summed E-state index contributed by atoms with van der Waals surface area (Å²) in [5.74, 6) is 0.917. The van der Waals surface area contributed by atoms with Crippen LogP contribution in [-0.4, -0.2) is 40.3 Å².